The number of rotatable bonds is 4. The number of thioether (sulfide) groups is 1. The van der Waals surface area contributed by atoms with E-state index in [1.54, 1.807) is 24.3 Å². The third-order valence-electron chi connectivity index (χ3n) is 1.81. The molecule has 0 saturated heterocycles. The molecule has 0 spiro atoms. The van der Waals surface area contributed by atoms with E-state index in [1.165, 1.54) is 11.8 Å². The fourth-order valence-corrected chi connectivity index (χ4v) is 3.54. The van der Waals surface area contributed by atoms with Crippen LogP contribution in [0.4, 0.5) is 5.69 Å². The van der Waals surface area contributed by atoms with Gasteiger partial charge >= 0.3 is 0 Å². The molecule has 0 aliphatic carbocycles. The summed E-state index contributed by atoms with van der Waals surface area (Å²) in [6.45, 7) is 0. The first kappa shape index (κ1) is 11.4. The van der Waals surface area contributed by atoms with Gasteiger partial charge in [0.1, 0.15) is 0 Å². The summed E-state index contributed by atoms with van der Waals surface area (Å²) in [5.41, 5.74) is 5.92. The summed E-state index contributed by atoms with van der Waals surface area (Å²) in [6.07, 6.45) is 1.88. The van der Waals surface area contributed by atoms with Crippen LogP contribution in [0.5, 0.6) is 0 Å². The van der Waals surface area contributed by atoms with Crippen molar-refractivity contribution in [3.63, 3.8) is 0 Å². The summed E-state index contributed by atoms with van der Waals surface area (Å²) < 4.78 is 23.4. The lowest BCUT2D eigenvalue weighted by atomic mass is 10.3. The normalized spacial score (nSPS) is 11.5. The predicted octanol–water partition coefficient (Wildman–Crippen LogP) is 1.41. The molecule has 3 nitrogen and oxygen atoms in total. The lowest BCUT2D eigenvalue weighted by Gasteiger charge is -2.05. The minimum atomic E-state index is -3.20. The van der Waals surface area contributed by atoms with Crippen molar-refractivity contribution in [3.05, 3.63) is 24.3 Å². The summed E-state index contributed by atoms with van der Waals surface area (Å²) in [6, 6.07) is 6.56. The fourth-order valence-electron chi connectivity index (χ4n) is 1.07. The zero-order chi connectivity index (χ0) is 10.6. The maximum Gasteiger partial charge on any atom is 0.181 e. The van der Waals surface area contributed by atoms with E-state index >= 15 is 0 Å². The minimum absolute atomic E-state index is 0.141. The molecule has 14 heavy (non-hydrogen) atoms. The zero-order valence-electron chi connectivity index (χ0n) is 7.93. The molecule has 0 fully saturated rings. The van der Waals surface area contributed by atoms with Crippen molar-refractivity contribution in [2.45, 2.75) is 4.90 Å². The summed E-state index contributed by atoms with van der Waals surface area (Å²) in [5.74, 6) is 0.735. The fraction of sp³-hybridized carbons (Fsp3) is 0.333. The number of hydrogen-bond donors (Lipinski definition) is 1. The van der Waals surface area contributed by atoms with Crippen LogP contribution in [-0.2, 0) is 9.84 Å². The Balaban J connectivity index is 2.99. The molecule has 1 rings (SSSR count). The number of sulfone groups is 1. The molecule has 0 radical (unpaired) electrons. The molecule has 0 aliphatic heterocycles. The second-order valence-corrected chi connectivity index (χ2v) is 5.91. The highest BCUT2D eigenvalue weighted by atomic mass is 32.2. The zero-order valence-corrected chi connectivity index (χ0v) is 9.57. The Kier molecular flexibility index (Phi) is 3.83. The van der Waals surface area contributed by atoms with Crippen LogP contribution in [0.1, 0.15) is 0 Å². The molecule has 0 saturated carbocycles. The van der Waals surface area contributed by atoms with E-state index in [0.29, 0.717) is 11.4 Å². The molecule has 0 heterocycles. The van der Waals surface area contributed by atoms with Gasteiger partial charge in [0.05, 0.1) is 16.3 Å². The first-order valence-corrected chi connectivity index (χ1v) is 7.19. The Morgan fingerprint density at radius 2 is 2.00 bits per heavy atom. The van der Waals surface area contributed by atoms with Gasteiger partial charge in [-0.2, -0.15) is 11.8 Å². The monoisotopic (exact) mass is 231 g/mol. The van der Waals surface area contributed by atoms with Gasteiger partial charge in [-0.15, -0.1) is 0 Å². The summed E-state index contributed by atoms with van der Waals surface area (Å²) in [4.78, 5) is 0.244. The molecule has 0 unspecified atom stereocenters. The summed E-state index contributed by atoms with van der Waals surface area (Å²) in [5, 5.41) is 0. The van der Waals surface area contributed by atoms with Gasteiger partial charge in [-0.25, -0.2) is 8.42 Å². The maximum absolute atomic E-state index is 11.7. The quantitative estimate of drug-likeness (QED) is 0.796. The van der Waals surface area contributed by atoms with Crippen LogP contribution in [0.3, 0.4) is 0 Å². The molecular formula is C9H13NO2S2. The minimum Gasteiger partial charge on any atom is -0.398 e. The molecular weight excluding hydrogens is 218 g/mol. The first-order chi connectivity index (χ1) is 6.58. The van der Waals surface area contributed by atoms with E-state index in [1.807, 2.05) is 6.26 Å². The van der Waals surface area contributed by atoms with Crippen molar-refractivity contribution in [1.29, 1.82) is 0 Å². The average molecular weight is 231 g/mol. The maximum atomic E-state index is 11.7. The second kappa shape index (κ2) is 4.70. The van der Waals surface area contributed by atoms with E-state index in [-0.39, 0.29) is 10.6 Å². The third-order valence-corrected chi connectivity index (χ3v) is 4.46. The molecule has 0 atom stereocenters. The Bertz CT molecular complexity index is 401. The van der Waals surface area contributed by atoms with Gasteiger partial charge in [0, 0.05) is 5.75 Å². The van der Waals surface area contributed by atoms with E-state index in [0.717, 1.165) is 0 Å². The Hall–Kier alpha value is -0.680. The van der Waals surface area contributed by atoms with Crippen LogP contribution in [0.15, 0.2) is 29.2 Å². The van der Waals surface area contributed by atoms with Gasteiger partial charge in [0.15, 0.2) is 9.84 Å². The van der Waals surface area contributed by atoms with Gasteiger partial charge in [-0.1, -0.05) is 12.1 Å². The van der Waals surface area contributed by atoms with E-state index in [9.17, 15) is 8.42 Å². The van der Waals surface area contributed by atoms with Crippen LogP contribution in [-0.4, -0.2) is 26.2 Å². The molecule has 0 aliphatic rings. The number of hydrogen-bond acceptors (Lipinski definition) is 4. The Labute approximate surface area is 88.6 Å². The van der Waals surface area contributed by atoms with Crippen molar-refractivity contribution in [3.8, 4) is 0 Å². The second-order valence-electron chi connectivity index (χ2n) is 2.85. The lowest BCUT2D eigenvalue weighted by Crippen LogP contribution is -2.10. The largest absolute Gasteiger partial charge is 0.398 e. The van der Waals surface area contributed by atoms with Crippen LogP contribution in [0.2, 0.25) is 0 Å². The van der Waals surface area contributed by atoms with Gasteiger partial charge in [-0.05, 0) is 18.4 Å². The lowest BCUT2D eigenvalue weighted by molar-refractivity contribution is 0.598. The van der Waals surface area contributed by atoms with Crippen molar-refractivity contribution in [1.82, 2.24) is 0 Å². The van der Waals surface area contributed by atoms with Crippen molar-refractivity contribution < 1.29 is 8.42 Å². The van der Waals surface area contributed by atoms with Crippen LogP contribution >= 0.6 is 11.8 Å². The topological polar surface area (TPSA) is 60.2 Å². The molecule has 5 heteroatoms. The molecule has 0 aromatic heterocycles. The Morgan fingerprint density at radius 1 is 1.36 bits per heavy atom. The summed E-state index contributed by atoms with van der Waals surface area (Å²) >= 11 is 1.51. The van der Waals surface area contributed by atoms with Crippen molar-refractivity contribution in [2.24, 2.45) is 0 Å². The standard InChI is InChI=1S/C9H13NO2S2/c1-13-6-7-14(11,12)9-5-3-2-4-8(9)10/h2-5H,6-7,10H2,1H3. The summed E-state index contributed by atoms with van der Waals surface area (Å²) in [7, 11) is -3.20. The predicted molar refractivity (Wildman–Crippen MR) is 61.3 cm³/mol. The molecule has 2 N–H and O–H groups in total. The van der Waals surface area contributed by atoms with Gasteiger partial charge < -0.3 is 5.73 Å². The highest BCUT2D eigenvalue weighted by Gasteiger charge is 2.15. The van der Waals surface area contributed by atoms with Crippen LogP contribution in [0.25, 0.3) is 0 Å². The number of nitrogen functional groups attached to an aromatic ring is 1. The van der Waals surface area contributed by atoms with E-state index in [2.05, 4.69) is 0 Å². The molecule has 1 aromatic rings. The van der Waals surface area contributed by atoms with Gasteiger partial charge in [0.25, 0.3) is 0 Å². The van der Waals surface area contributed by atoms with Gasteiger partial charge in [0.2, 0.25) is 0 Å². The Morgan fingerprint density at radius 3 is 2.57 bits per heavy atom. The molecule has 0 bridgehead atoms. The number of anilines is 1. The average Bonchev–Trinajstić information content (AvgIpc) is 2.15. The van der Waals surface area contributed by atoms with Crippen molar-refractivity contribution in [2.75, 3.05) is 23.5 Å². The molecule has 78 valence electrons. The highest BCUT2D eigenvalue weighted by molar-refractivity contribution is 8.00. The third kappa shape index (κ3) is 2.65. The molecule has 1 aromatic carbocycles. The van der Waals surface area contributed by atoms with Crippen molar-refractivity contribution >= 4 is 27.3 Å². The number of benzene rings is 1. The van der Waals surface area contributed by atoms with E-state index < -0.39 is 9.84 Å². The number of para-hydroxylation sites is 1. The first-order valence-electron chi connectivity index (χ1n) is 4.14. The smallest absolute Gasteiger partial charge is 0.181 e. The van der Waals surface area contributed by atoms with Crippen LogP contribution in [0, 0.1) is 0 Å². The number of nitrogens with two attached hydrogens (primary N) is 1. The van der Waals surface area contributed by atoms with E-state index in [4.69, 9.17) is 5.73 Å². The van der Waals surface area contributed by atoms with Gasteiger partial charge in [-0.3, -0.25) is 0 Å². The SMILES string of the molecule is CSCCS(=O)(=O)c1ccccc1N. The van der Waals surface area contributed by atoms with Crippen LogP contribution < -0.4 is 5.73 Å². The molecule has 0 amide bonds. The highest BCUT2D eigenvalue weighted by Crippen LogP contribution is 2.19.